The van der Waals surface area contributed by atoms with Gasteiger partial charge in [0.15, 0.2) is 0 Å². The summed E-state index contributed by atoms with van der Waals surface area (Å²) in [4.78, 5) is 5.04. The Morgan fingerprint density at radius 1 is 0.638 bits per heavy atom. The van der Waals surface area contributed by atoms with E-state index in [-0.39, 0.29) is 23.0 Å². The van der Waals surface area contributed by atoms with E-state index in [2.05, 4.69) is 158 Å². The first-order valence-electron chi connectivity index (χ1n) is 17.4. The largest absolute Gasteiger partial charge is 0.472 e. The van der Waals surface area contributed by atoms with E-state index in [1.807, 2.05) is 0 Å². The summed E-state index contributed by atoms with van der Waals surface area (Å²) < 4.78 is 7.38. The van der Waals surface area contributed by atoms with Gasteiger partial charge >= 0.3 is 0 Å². The highest BCUT2D eigenvalue weighted by Gasteiger charge is 2.52. The van der Waals surface area contributed by atoms with Crippen molar-refractivity contribution in [2.45, 2.75) is 98.3 Å². The zero-order chi connectivity index (χ0) is 33.2. The van der Waals surface area contributed by atoms with Crippen molar-refractivity contribution in [1.29, 1.82) is 0 Å². The predicted molar refractivity (Wildman–Crippen MR) is 201 cm³/mol. The Morgan fingerprint density at radius 2 is 1.21 bits per heavy atom. The molecule has 0 unspecified atom stereocenters. The molecule has 3 heterocycles. The topological polar surface area (TPSA) is 19.6 Å². The van der Waals surface area contributed by atoms with Gasteiger partial charge in [0.1, 0.15) is 5.76 Å². The molecule has 0 N–H and O–H groups in total. The highest BCUT2D eigenvalue weighted by Crippen LogP contribution is 2.54. The molecule has 47 heavy (non-hydrogen) atoms. The molecule has 0 amide bonds. The number of aryl methyl sites for hydroxylation is 3. The van der Waals surface area contributed by atoms with Gasteiger partial charge in [0.05, 0.1) is 11.3 Å². The van der Waals surface area contributed by atoms with Gasteiger partial charge < -0.3 is 14.2 Å². The van der Waals surface area contributed by atoms with Gasteiger partial charge in [-0.3, -0.25) is 0 Å². The van der Waals surface area contributed by atoms with Crippen LogP contribution < -0.4 is 26.4 Å². The minimum atomic E-state index is -0.0487. The zero-order valence-electron chi connectivity index (χ0n) is 29.8. The van der Waals surface area contributed by atoms with Gasteiger partial charge in [-0.2, -0.15) is 0 Å². The van der Waals surface area contributed by atoms with Crippen LogP contribution in [0.15, 0.2) is 83.3 Å². The second-order valence-corrected chi connectivity index (χ2v) is 16.8. The van der Waals surface area contributed by atoms with Crippen LogP contribution in [0.3, 0.4) is 0 Å². The van der Waals surface area contributed by atoms with Crippen LogP contribution in [-0.2, 0) is 16.2 Å². The van der Waals surface area contributed by atoms with Crippen LogP contribution in [0.1, 0.15) is 94.9 Å². The molecule has 4 heteroatoms. The molecule has 0 radical (unpaired) electrons. The van der Waals surface area contributed by atoms with Crippen molar-refractivity contribution >= 4 is 57.4 Å². The molecule has 1 aromatic heterocycles. The number of nitrogens with zero attached hydrogens (tertiary/aromatic N) is 2. The van der Waals surface area contributed by atoms with Crippen LogP contribution in [0.5, 0.6) is 0 Å². The Hall–Kier alpha value is -4.18. The Bertz CT molecular complexity index is 2060. The summed E-state index contributed by atoms with van der Waals surface area (Å²) in [7, 11) is 0. The van der Waals surface area contributed by atoms with Crippen molar-refractivity contribution in [2.75, 3.05) is 9.80 Å². The fourth-order valence-corrected chi connectivity index (χ4v) is 8.39. The first-order valence-corrected chi connectivity index (χ1v) is 17.4. The fraction of sp³-hybridized carbons (Fsp3) is 0.349. The van der Waals surface area contributed by atoms with Crippen LogP contribution in [0.25, 0.3) is 0 Å². The van der Waals surface area contributed by atoms with Gasteiger partial charge in [-0.1, -0.05) is 96.0 Å². The molecular weight excluding hydrogens is 571 g/mol. The quantitative estimate of drug-likeness (QED) is 0.180. The Balaban J connectivity index is 1.50. The third-order valence-electron chi connectivity index (χ3n) is 11.1. The van der Waals surface area contributed by atoms with E-state index in [0.29, 0.717) is 0 Å². The Labute approximate surface area is 281 Å². The average molecular weight is 619 g/mol. The molecule has 0 bridgehead atoms. The summed E-state index contributed by atoms with van der Waals surface area (Å²) in [5.74, 6) is 1.16. The molecule has 0 fully saturated rings. The number of furan rings is 1. The van der Waals surface area contributed by atoms with Crippen LogP contribution in [0.2, 0.25) is 0 Å². The van der Waals surface area contributed by atoms with E-state index in [4.69, 9.17) is 4.42 Å². The van der Waals surface area contributed by atoms with E-state index >= 15 is 0 Å². The van der Waals surface area contributed by atoms with Gasteiger partial charge in [-0.15, -0.1) is 0 Å². The molecule has 3 aliphatic rings. The van der Waals surface area contributed by atoms with Crippen LogP contribution >= 0.6 is 0 Å². The van der Waals surface area contributed by atoms with Crippen molar-refractivity contribution < 1.29 is 4.42 Å². The van der Waals surface area contributed by atoms with Gasteiger partial charge in [0.2, 0.25) is 0 Å². The van der Waals surface area contributed by atoms with Crippen LogP contribution in [-0.4, -0.2) is 6.71 Å². The maximum Gasteiger partial charge on any atom is 0.297 e. The van der Waals surface area contributed by atoms with Crippen LogP contribution in [0, 0.1) is 20.8 Å². The normalized spacial score (nSPS) is 17.2. The molecule has 2 aliphatic heterocycles. The number of benzene rings is 4. The third-order valence-corrected chi connectivity index (χ3v) is 11.1. The number of fused-ring (bicyclic) bond motifs is 6. The summed E-state index contributed by atoms with van der Waals surface area (Å²) in [5.41, 5.74) is 17.6. The highest BCUT2D eigenvalue weighted by atomic mass is 16.3. The van der Waals surface area contributed by atoms with E-state index in [9.17, 15) is 0 Å². The molecule has 5 aromatic rings. The molecule has 0 saturated heterocycles. The lowest BCUT2D eigenvalue weighted by Crippen LogP contribution is -2.61. The van der Waals surface area contributed by atoms with Crippen LogP contribution in [0.4, 0.5) is 34.1 Å². The lowest BCUT2D eigenvalue weighted by molar-refractivity contribution is 0.282. The predicted octanol–water partition coefficient (Wildman–Crippen LogP) is 9.93. The van der Waals surface area contributed by atoms with Gasteiger partial charge in [0, 0.05) is 39.4 Å². The summed E-state index contributed by atoms with van der Waals surface area (Å²) in [6, 6.07) is 30.1. The smallest absolute Gasteiger partial charge is 0.297 e. The van der Waals surface area contributed by atoms with Crippen molar-refractivity contribution in [2.24, 2.45) is 0 Å². The number of rotatable bonds is 2. The van der Waals surface area contributed by atoms with E-state index < -0.39 is 0 Å². The molecule has 238 valence electrons. The fourth-order valence-electron chi connectivity index (χ4n) is 8.39. The lowest BCUT2D eigenvalue weighted by atomic mass is 9.35. The second kappa shape index (κ2) is 9.92. The standard InChI is InChI=1S/C43H47BN2O/c1-26-11-16-30(17-12-26)45-33-20-13-27(2)23-32(33)44-37-34(45)24-28(3)25-35(37)46(31-18-14-29(15-19-31)41(4,5)6)38-36-39(47-40(38)44)43(9,10)22-21-42(36,7)8/h11-20,23-25H,21-22H2,1-10H3. The maximum absolute atomic E-state index is 7.38. The number of hydrogen-bond acceptors (Lipinski definition) is 3. The Kier molecular flexibility index (Phi) is 6.37. The first-order chi connectivity index (χ1) is 22.2. The molecule has 1 aliphatic carbocycles. The maximum atomic E-state index is 7.38. The third kappa shape index (κ3) is 4.47. The summed E-state index contributed by atoms with van der Waals surface area (Å²) in [6.45, 7) is 23.1. The zero-order valence-corrected chi connectivity index (χ0v) is 29.8. The van der Waals surface area contributed by atoms with Crippen molar-refractivity contribution in [3.8, 4) is 0 Å². The minimum absolute atomic E-state index is 0.00510. The SMILES string of the molecule is Cc1ccc(N2c3ccc(C)cc3B3c4oc5c(c4N(c4ccc(C(C)(C)C)cc4)c4cc(C)cc2c43)C(C)(C)CCC5(C)C)cc1. The first kappa shape index (κ1) is 30.2. The van der Waals surface area contributed by atoms with Crippen molar-refractivity contribution in [1.82, 2.24) is 0 Å². The molecule has 4 aromatic carbocycles. The second-order valence-electron chi connectivity index (χ2n) is 16.8. The monoisotopic (exact) mass is 618 g/mol. The van der Waals surface area contributed by atoms with E-state index in [1.165, 1.54) is 72.9 Å². The summed E-state index contributed by atoms with van der Waals surface area (Å²) in [5, 5.41) is 0. The number of hydrogen-bond donors (Lipinski definition) is 0. The number of anilines is 6. The molecule has 0 saturated carbocycles. The van der Waals surface area contributed by atoms with Crippen molar-refractivity contribution in [3.63, 3.8) is 0 Å². The molecule has 8 rings (SSSR count). The molecule has 0 atom stereocenters. The van der Waals surface area contributed by atoms with E-state index in [1.54, 1.807) is 0 Å². The van der Waals surface area contributed by atoms with Gasteiger partial charge in [-0.25, -0.2) is 0 Å². The Morgan fingerprint density at radius 3 is 1.87 bits per heavy atom. The van der Waals surface area contributed by atoms with E-state index in [0.717, 1.165) is 24.3 Å². The van der Waals surface area contributed by atoms with Gasteiger partial charge in [0.25, 0.3) is 6.71 Å². The summed E-state index contributed by atoms with van der Waals surface area (Å²) >= 11 is 0. The highest BCUT2D eigenvalue weighted by molar-refractivity contribution is 6.99. The minimum Gasteiger partial charge on any atom is -0.472 e. The molecule has 0 spiro atoms. The lowest BCUT2D eigenvalue weighted by Gasteiger charge is -2.44. The molecular formula is C43H47BN2O. The average Bonchev–Trinajstić information content (AvgIpc) is 3.43. The summed E-state index contributed by atoms with van der Waals surface area (Å²) in [6.07, 6.45) is 2.24. The molecule has 3 nitrogen and oxygen atoms in total. The van der Waals surface area contributed by atoms with Gasteiger partial charge in [-0.05, 0) is 109 Å². The van der Waals surface area contributed by atoms with Crippen molar-refractivity contribution in [3.05, 3.63) is 112 Å².